The summed E-state index contributed by atoms with van der Waals surface area (Å²) in [6.45, 7) is 1.92. The van der Waals surface area contributed by atoms with Crippen LogP contribution in [-0.4, -0.2) is 17.3 Å². The van der Waals surface area contributed by atoms with Gasteiger partial charge in [-0.05, 0) is 43.0 Å². The highest BCUT2D eigenvalue weighted by Crippen LogP contribution is 2.44. The summed E-state index contributed by atoms with van der Waals surface area (Å²) in [6, 6.07) is 4.65. The minimum absolute atomic E-state index is 0.140. The molecular weight excluding hydrogens is 219 g/mol. The molecular formula is C14H17FO2. The van der Waals surface area contributed by atoms with Crippen molar-refractivity contribution in [2.75, 3.05) is 0 Å². The summed E-state index contributed by atoms with van der Waals surface area (Å²) in [4.78, 5) is 0. The zero-order valence-corrected chi connectivity index (χ0v) is 9.95. The zero-order valence-electron chi connectivity index (χ0n) is 9.95. The number of aliphatic hydroxyl groups is 1. The van der Waals surface area contributed by atoms with Crippen LogP contribution in [0.15, 0.2) is 18.2 Å². The first-order valence-electron chi connectivity index (χ1n) is 6.21. The van der Waals surface area contributed by atoms with Crippen molar-refractivity contribution in [3.63, 3.8) is 0 Å². The van der Waals surface area contributed by atoms with Crippen molar-refractivity contribution in [3.05, 3.63) is 35.1 Å². The lowest BCUT2D eigenvalue weighted by Gasteiger charge is -2.37. The summed E-state index contributed by atoms with van der Waals surface area (Å²) < 4.78 is 19.1. The Kier molecular flexibility index (Phi) is 2.49. The molecule has 2 nitrogen and oxygen atoms in total. The molecule has 0 aliphatic carbocycles. The van der Waals surface area contributed by atoms with Gasteiger partial charge in [0.15, 0.2) is 0 Å². The van der Waals surface area contributed by atoms with Crippen LogP contribution in [-0.2, 0) is 10.3 Å². The van der Waals surface area contributed by atoms with E-state index >= 15 is 0 Å². The van der Waals surface area contributed by atoms with Gasteiger partial charge in [-0.1, -0.05) is 6.07 Å². The van der Waals surface area contributed by atoms with Gasteiger partial charge in [0.1, 0.15) is 5.82 Å². The molecule has 1 aromatic carbocycles. The maximum absolute atomic E-state index is 13.3. The van der Waals surface area contributed by atoms with Crippen molar-refractivity contribution in [2.45, 2.75) is 50.4 Å². The number of hydrogen-bond acceptors (Lipinski definition) is 2. The first kappa shape index (κ1) is 11.2. The summed E-state index contributed by atoms with van der Waals surface area (Å²) in [5.74, 6) is -0.280. The molecule has 0 spiro atoms. The van der Waals surface area contributed by atoms with Crippen LogP contribution < -0.4 is 0 Å². The molecule has 2 heterocycles. The van der Waals surface area contributed by atoms with Crippen LogP contribution in [0, 0.1) is 12.7 Å². The lowest BCUT2D eigenvalue weighted by atomic mass is 9.81. The van der Waals surface area contributed by atoms with Crippen LogP contribution in [0.3, 0.4) is 0 Å². The van der Waals surface area contributed by atoms with E-state index in [1.165, 1.54) is 12.1 Å². The highest BCUT2D eigenvalue weighted by Gasteiger charge is 2.45. The standard InChI is InChI=1S/C14H17FO2/c1-9-2-3-10(15)6-13(9)14(16)7-11-4-5-12(8-14)17-11/h2-3,6,11-12,16H,4-5,7-8H2,1H3. The normalized spacial score (nSPS) is 36.2. The number of benzene rings is 1. The van der Waals surface area contributed by atoms with Gasteiger partial charge in [0.25, 0.3) is 0 Å². The summed E-state index contributed by atoms with van der Waals surface area (Å²) in [5, 5.41) is 10.8. The Morgan fingerprint density at radius 2 is 1.94 bits per heavy atom. The first-order chi connectivity index (χ1) is 8.07. The Bertz CT molecular complexity index is 432. The van der Waals surface area contributed by atoms with E-state index in [1.807, 2.05) is 6.92 Å². The number of aryl methyl sites for hydroxylation is 1. The molecule has 0 radical (unpaired) electrons. The smallest absolute Gasteiger partial charge is 0.123 e. The molecule has 2 atom stereocenters. The van der Waals surface area contributed by atoms with Gasteiger partial charge < -0.3 is 9.84 Å². The second kappa shape index (κ2) is 3.79. The van der Waals surface area contributed by atoms with Crippen molar-refractivity contribution in [3.8, 4) is 0 Å². The molecule has 0 aromatic heterocycles. The van der Waals surface area contributed by atoms with Crippen LogP contribution in [0.2, 0.25) is 0 Å². The fraction of sp³-hybridized carbons (Fsp3) is 0.571. The average molecular weight is 236 g/mol. The molecule has 2 fully saturated rings. The highest BCUT2D eigenvalue weighted by molar-refractivity contribution is 5.33. The van der Waals surface area contributed by atoms with Crippen LogP contribution in [0.1, 0.15) is 36.8 Å². The van der Waals surface area contributed by atoms with E-state index in [0.29, 0.717) is 12.8 Å². The molecule has 3 heteroatoms. The number of rotatable bonds is 1. The largest absolute Gasteiger partial charge is 0.385 e. The predicted molar refractivity (Wildman–Crippen MR) is 62.2 cm³/mol. The molecule has 2 bridgehead atoms. The molecule has 3 rings (SSSR count). The monoisotopic (exact) mass is 236 g/mol. The topological polar surface area (TPSA) is 29.5 Å². The van der Waals surface area contributed by atoms with Crippen molar-refractivity contribution < 1.29 is 14.2 Å². The summed E-state index contributed by atoms with van der Waals surface area (Å²) in [5.41, 5.74) is 0.781. The van der Waals surface area contributed by atoms with Crippen molar-refractivity contribution in [1.29, 1.82) is 0 Å². The molecule has 0 saturated carbocycles. The van der Waals surface area contributed by atoms with Crippen LogP contribution in [0.4, 0.5) is 4.39 Å². The molecule has 2 aliphatic rings. The third kappa shape index (κ3) is 1.87. The fourth-order valence-corrected chi connectivity index (χ4v) is 3.23. The Balaban J connectivity index is 1.99. The van der Waals surface area contributed by atoms with E-state index < -0.39 is 5.60 Å². The fourth-order valence-electron chi connectivity index (χ4n) is 3.23. The van der Waals surface area contributed by atoms with Crippen molar-refractivity contribution >= 4 is 0 Å². The summed E-state index contributed by atoms with van der Waals surface area (Å²) >= 11 is 0. The number of halogens is 1. The molecule has 2 unspecified atom stereocenters. The van der Waals surface area contributed by atoms with Gasteiger partial charge in [-0.3, -0.25) is 0 Å². The second-order valence-electron chi connectivity index (χ2n) is 5.36. The maximum atomic E-state index is 13.3. The van der Waals surface area contributed by atoms with E-state index in [-0.39, 0.29) is 18.0 Å². The third-order valence-corrected chi connectivity index (χ3v) is 4.03. The third-order valence-electron chi connectivity index (χ3n) is 4.03. The van der Waals surface area contributed by atoms with Gasteiger partial charge in [0, 0.05) is 12.8 Å². The van der Waals surface area contributed by atoms with E-state index in [2.05, 4.69) is 0 Å². The van der Waals surface area contributed by atoms with Gasteiger partial charge in [0.2, 0.25) is 0 Å². The van der Waals surface area contributed by atoms with Gasteiger partial charge >= 0.3 is 0 Å². The second-order valence-corrected chi connectivity index (χ2v) is 5.36. The lowest BCUT2D eigenvalue weighted by molar-refractivity contribution is -0.115. The predicted octanol–water partition coefficient (Wildman–Crippen LogP) is 2.66. The number of hydrogen-bond donors (Lipinski definition) is 1. The van der Waals surface area contributed by atoms with Gasteiger partial charge in [-0.15, -0.1) is 0 Å². The van der Waals surface area contributed by atoms with E-state index in [1.54, 1.807) is 6.07 Å². The van der Waals surface area contributed by atoms with E-state index in [9.17, 15) is 9.50 Å². The Morgan fingerprint density at radius 3 is 2.59 bits per heavy atom. The van der Waals surface area contributed by atoms with Crippen molar-refractivity contribution in [2.24, 2.45) is 0 Å². The average Bonchev–Trinajstić information content (AvgIpc) is 2.62. The minimum Gasteiger partial charge on any atom is -0.385 e. The molecule has 0 amide bonds. The Labute approximate surface area is 100 Å². The van der Waals surface area contributed by atoms with Crippen LogP contribution in [0.25, 0.3) is 0 Å². The van der Waals surface area contributed by atoms with E-state index in [0.717, 1.165) is 24.0 Å². The van der Waals surface area contributed by atoms with Crippen LogP contribution >= 0.6 is 0 Å². The minimum atomic E-state index is -0.906. The molecule has 2 aliphatic heterocycles. The SMILES string of the molecule is Cc1ccc(F)cc1C1(O)CC2CCC(C1)O2. The number of ether oxygens (including phenoxy) is 1. The Morgan fingerprint density at radius 1 is 1.29 bits per heavy atom. The number of fused-ring (bicyclic) bond motifs is 2. The summed E-state index contributed by atoms with van der Waals surface area (Å²) in [6.07, 6.45) is 3.49. The maximum Gasteiger partial charge on any atom is 0.123 e. The van der Waals surface area contributed by atoms with Crippen LogP contribution in [0.5, 0.6) is 0 Å². The molecule has 1 N–H and O–H groups in total. The lowest BCUT2D eigenvalue weighted by Crippen LogP contribution is -2.39. The summed E-state index contributed by atoms with van der Waals surface area (Å²) in [7, 11) is 0. The van der Waals surface area contributed by atoms with E-state index in [4.69, 9.17) is 4.74 Å². The molecule has 92 valence electrons. The first-order valence-corrected chi connectivity index (χ1v) is 6.21. The van der Waals surface area contributed by atoms with Gasteiger partial charge in [-0.25, -0.2) is 4.39 Å². The van der Waals surface area contributed by atoms with Gasteiger partial charge in [-0.2, -0.15) is 0 Å². The quantitative estimate of drug-likeness (QED) is 0.812. The molecule has 2 saturated heterocycles. The highest BCUT2D eigenvalue weighted by atomic mass is 19.1. The van der Waals surface area contributed by atoms with Crippen molar-refractivity contribution in [1.82, 2.24) is 0 Å². The molecule has 17 heavy (non-hydrogen) atoms. The Hall–Kier alpha value is -0.930. The van der Waals surface area contributed by atoms with Gasteiger partial charge in [0.05, 0.1) is 17.8 Å². The zero-order chi connectivity index (χ0) is 12.0. The molecule has 1 aromatic rings.